The van der Waals surface area contributed by atoms with Gasteiger partial charge in [-0.1, -0.05) is 18.2 Å². The molecule has 14 heavy (non-hydrogen) atoms. The Morgan fingerprint density at radius 3 is 3.00 bits per heavy atom. The van der Waals surface area contributed by atoms with Crippen LogP contribution in [0.15, 0.2) is 24.3 Å². The van der Waals surface area contributed by atoms with E-state index in [0.717, 1.165) is 11.3 Å². The van der Waals surface area contributed by atoms with E-state index < -0.39 is 5.41 Å². The molecule has 0 saturated heterocycles. The minimum absolute atomic E-state index is 0.155. The number of aliphatic hydroxyl groups excluding tert-OH is 1. The van der Waals surface area contributed by atoms with Gasteiger partial charge in [-0.05, 0) is 11.6 Å². The van der Waals surface area contributed by atoms with Crippen LogP contribution in [0.1, 0.15) is 5.56 Å². The summed E-state index contributed by atoms with van der Waals surface area (Å²) in [7, 11) is 0. The second-order valence-corrected chi connectivity index (χ2v) is 3.62. The Hall–Kier alpha value is -1.53. The van der Waals surface area contributed by atoms with E-state index in [0.29, 0.717) is 6.42 Å². The molecule has 1 aromatic carbocycles. The average molecular weight is 189 g/mol. The molecule has 1 aromatic rings. The summed E-state index contributed by atoms with van der Waals surface area (Å²) in [4.78, 5) is 0. The Labute approximate surface area is 82.6 Å². The number of benzene rings is 1. The Morgan fingerprint density at radius 1 is 1.50 bits per heavy atom. The molecule has 0 fully saturated rings. The van der Waals surface area contributed by atoms with Crippen molar-refractivity contribution in [2.45, 2.75) is 6.42 Å². The van der Waals surface area contributed by atoms with E-state index in [9.17, 15) is 0 Å². The number of hydrogen-bond donors (Lipinski definition) is 1. The number of rotatable bonds is 1. The highest BCUT2D eigenvalue weighted by Crippen LogP contribution is 2.33. The van der Waals surface area contributed by atoms with Crippen LogP contribution in [0.2, 0.25) is 0 Å². The third-order valence-corrected chi connectivity index (χ3v) is 2.55. The van der Waals surface area contributed by atoms with Crippen molar-refractivity contribution in [3.8, 4) is 11.8 Å². The zero-order valence-corrected chi connectivity index (χ0v) is 7.73. The lowest BCUT2D eigenvalue weighted by Gasteiger charge is -2.30. The van der Waals surface area contributed by atoms with Crippen LogP contribution >= 0.6 is 0 Å². The topological polar surface area (TPSA) is 53.2 Å². The van der Waals surface area contributed by atoms with Crippen molar-refractivity contribution in [1.82, 2.24) is 0 Å². The molecule has 0 aromatic heterocycles. The molecule has 1 atom stereocenters. The van der Waals surface area contributed by atoms with Crippen molar-refractivity contribution in [3.05, 3.63) is 29.8 Å². The number of fused-ring (bicyclic) bond motifs is 1. The molecule has 72 valence electrons. The third kappa shape index (κ3) is 1.34. The van der Waals surface area contributed by atoms with Gasteiger partial charge in [0, 0.05) is 6.42 Å². The molecule has 0 radical (unpaired) electrons. The van der Waals surface area contributed by atoms with Crippen LogP contribution in [0.5, 0.6) is 5.75 Å². The van der Waals surface area contributed by atoms with Gasteiger partial charge in [0.2, 0.25) is 0 Å². The predicted octanol–water partition coefficient (Wildman–Crippen LogP) is 1.12. The van der Waals surface area contributed by atoms with Crippen LogP contribution in [0.3, 0.4) is 0 Å². The third-order valence-electron chi connectivity index (χ3n) is 2.55. The van der Waals surface area contributed by atoms with Crippen LogP contribution in [0.4, 0.5) is 0 Å². The molecule has 1 aliphatic rings. The number of ether oxygens (including phenoxy) is 1. The van der Waals surface area contributed by atoms with Crippen LogP contribution in [-0.2, 0) is 6.42 Å². The van der Waals surface area contributed by atoms with Crippen molar-refractivity contribution < 1.29 is 9.84 Å². The molecular weight excluding hydrogens is 178 g/mol. The van der Waals surface area contributed by atoms with Crippen LogP contribution in [0, 0.1) is 16.7 Å². The van der Waals surface area contributed by atoms with Crippen molar-refractivity contribution >= 4 is 0 Å². The predicted molar refractivity (Wildman–Crippen MR) is 50.8 cm³/mol. The summed E-state index contributed by atoms with van der Waals surface area (Å²) in [5.74, 6) is 0.826. The number of nitrogens with zero attached hydrogens (tertiary/aromatic N) is 1. The van der Waals surface area contributed by atoms with E-state index in [1.807, 2.05) is 24.3 Å². The number of para-hydroxylation sites is 1. The maximum atomic E-state index is 9.16. The van der Waals surface area contributed by atoms with Crippen molar-refractivity contribution in [2.24, 2.45) is 5.41 Å². The molecule has 1 N–H and O–H groups in total. The molecule has 0 spiro atoms. The summed E-state index contributed by atoms with van der Waals surface area (Å²) in [5.41, 5.74) is 0.239. The van der Waals surface area contributed by atoms with Gasteiger partial charge in [-0.25, -0.2) is 0 Å². The normalized spacial score (nSPS) is 24.6. The minimum Gasteiger partial charge on any atom is -0.492 e. The highest BCUT2D eigenvalue weighted by Gasteiger charge is 2.35. The van der Waals surface area contributed by atoms with Gasteiger partial charge in [0.15, 0.2) is 0 Å². The molecule has 1 unspecified atom stereocenters. The van der Waals surface area contributed by atoms with Gasteiger partial charge in [0.1, 0.15) is 17.8 Å². The summed E-state index contributed by atoms with van der Waals surface area (Å²) < 4.78 is 5.44. The summed E-state index contributed by atoms with van der Waals surface area (Å²) >= 11 is 0. The monoisotopic (exact) mass is 189 g/mol. The molecule has 0 aliphatic carbocycles. The standard InChI is InChI=1S/C11H11NO2/c12-6-11(7-13)5-9-3-1-2-4-10(9)14-8-11/h1-4,13H,5,7-8H2. The first-order chi connectivity index (χ1) is 6.79. The Balaban J connectivity index is 2.34. The lowest BCUT2D eigenvalue weighted by molar-refractivity contribution is 0.0960. The highest BCUT2D eigenvalue weighted by atomic mass is 16.5. The molecule has 1 heterocycles. The van der Waals surface area contributed by atoms with Gasteiger partial charge in [0.25, 0.3) is 0 Å². The summed E-state index contributed by atoms with van der Waals surface area (Å²) in [5, 5.41) is 18.1. The van der Waals surface area contributed by atoms with Gasteiger partial charge in [-0.15, -0.1) is 0 Å². The van der Waals surface area contributed by atoms with E-state index in [-0.39, 0.29) is 13.2 Å². The van der Waals surface area contributed by atoms with Crippen molar-refractivity contribution in [2.75, 3.05) is 13.2 Å². The Bertz CT molecular complexity index is 383. The Morgan fingerprint density at radius 2 is 2.29 bits per heavy atom. The second kappa shape index (κ2) is 3.32. The van der Waals surface area contributed by atoms with Crippen LogP contribution < -0.4 is 4.74 Å². The lowest BCUT2D eigenvalue weighted by Crippen LogP contribution is -2.36. The van der Waals surface area contributed by atoms with E-state index in [1.54, 1.807) is 0 Å². The lowest BCUT2D eigenvalue weighted by atomic mass is 9.82. The summed E-state index contributed by atoms with van der Waals surface area (Å²) in [6.45, 7) is 0.120. The molecule has 0 bridgehead atoms. The minimum atomic E-state index is -0.756. The van der Waals surface area contributed by atoms with Crippen LogP contribution in [0.25, 0.3) is 0 Å². The average Bonchev–Trinajstić information content (AvgIpc) is 2.28. The molecule has 3 nitrogen and oxygen atoms in total. The summed E-state index contributed by atoms with van der Waals surface area (Å²) in [6, 6.07) is 9.75. The van der Waals surface area contributed by atoms with Gasteiger partial charge < -0.3 is 9.84 Å². The largest absolute Gasteiger partial charge is 0.492 e. The van der Waals surface area contributed by atoms with E-state index in [1.165, 1.54) is 0 Å². The zero-order valence-electron chi connectivity index (χ0n) is 7.73. The van der Waals surface area contributed by atoms with Crippen molar-refractivity contribution in [3.63, 3.8) is 0 Å². The first kappa shape index (κ1) is 9.04. The van der Waals surface area contributed by atoms with Crippen LogP contribution in [-0.4, -0.2) is 18.3 Å². The summed E-state index contributed by atoms with van der Waals surface area (Å²) in [6.07, 6.45) is 0.566. The van der Waals surface area contributed by atoms with Gasteiger partial charge in [0.05, 0.1) is 12.7 Å². The first-order valence-corrected chi connectivity index (χ1v) is 4.52. The molecule has 3 heteroatoms. The highest BCUT2D eigenvalue weighted by molar-refractivity contribution is 5.37. The fourth-order valence-corrected chi connectivity index (χ4v) is 1.63. The SMILES string of the molecule is N#CC1(CO)COc2ccccc2C1. The maximum absolute atomic E-state index is 9.16. The van der Waals surface area contributed by atoms with E-state index in [4.69, 9.17) is 15.1 Å². The van der Waals surface area contributed by atoms with E-state index in [2.05, 4.69) is 6.07 Å². The second-order valence-electron chi connectivity index (χ2n) is 3.62. The smallest absolute Gasteiger partial charge is 0.122 e. The number of nitriles is 1. The first-order valence-electron chi connectivity index (χ1n) is 4.52. The molecule has 2 rings (SSSR count). The van der Waals surface area contributed by atoms with Gasteiger partial charge in [-0.3, -0.25) is 0 Å². The van der Waals surface area contributed by atoms with E-state index >= 15 is 0 Å². The fourth-order valence-electron chi connectivity index (χ4n) is 1.63. The Kier molecular flexibility index (Phi) is 2.14. The van der Waals surface area contributed by atoms with Gasteiger partial charge >= 0.3 is 0 Å². The molecular formula is C11H11NO2. The molecule has 0 amide bonds. The quantitative estimate of drug-likeness (QED) is 0.720. The fraction of sp³-hybridized carbons (Fsp3) is 0.364. The molecule has 1 aliphatic heterocycles. The maximum Gasteiger partial charge on any atom is 0.122 e. The van der Waals surface area contributed by atoms with Crippen molar-refractivity contribution in [1.29, 1.82) is 5.26 Å². The number of hydrogen-bond acceptors (Lipinski definition) is 3. The number of aliphatic hydroxyl groups is 1. The zero-order chi connectivity index (χ0) is 10.0. The molecule has 0 saturated carbocycles. The van der Waals surface area contributed by atoms with Gasteiger partial charge in [-0.2, -0.15) is 5.26 Å².